The lowest BCUT2D eigenvalue weighted by molar-refractivity contribution is -0.133. The normalized spacial score (nSPS) is 17.3. The first-order valence-electron chi connectivity index (χ1n) is 8.06. The van der Waals surface area contributed by atoms with Crippen LogP contribution in [0.15, 0.2) is 53.3 Å². The number of rotatable bonds is 3. The van der Waals surface area contributed by atoms with Gasteiger partial charge in [0, 0.05) is 37.4 Å². The molecule has 1 aliphatic heterocycles. The Balaban J connectivity index is 0.00000182. The molecule has 1 aliphatic rings. The van der Waals surface area contributed by atoms with Crippen molar-refractivity contribution < 1.29 is 9.32 Å². The summed E-state index contributed by atoms with van der Waals surface area (Å²) in [6, 6.07) is 11.5. The Morgan fingerprint density at radius 3 is 3.00 bits per heavy atom. The first-order valence-corrected chi connectivity index (χ1v) is 8.06. The summed E-state index contributed by atoms with van der Waals surface area (Å²) in [4.78, 5) is 19.0. The zero-order chi connectivity index (χ0) is 16.4. The van der Waals surface area contributed by atoms with E-state index < -0.39 is 0 Å². The van der Waals surface area contributed by atoms with Crippen molar-refractivity contribution in [2.24, 2.45) is 0 Å². The Morgan fingerprint density at radius 2 is 2.16 bits per heavy atom. The number of hydrogen-bond acceptors (Lipinski definition) is 5. The van der Waals surface area contributed by atoms with Gasteiger partial charge in [-0.1, -0.05) is 23.4 Å². The van der Waals surface area contributed by atoms with Gasteiger partial charge in [0.2, 0.25) is 5.91 Å². The molecule has 0 radical (unpaired) electrons. The molecule has 2 aromatic heterocycles. The summed E-state index contributed by atoms with van der Waals surface area (Å²) in [5.74, 6) is 0.0596. The summed E-state index contributed by atoms with van der Waals surface area (Å²) < 4.78 is 5.31. The minimum atomic E-state index is -0.00175. The molecule has 1 N–H and O–H groups in total. The van der Waals surface area contributed by atoms with Crippen molar-refractivity contribution in [3.63, 3.8) is 0 Å². The van der Waals surface area contributed by atoms with Gasteiger partial charge in [-0.2, -0.15) is 0 Å². The summed E-state index contributed by atoms with van der Waals surface area (Å²) in [6.07, 6.45) is 3.81. The van der Waals surface area contributed by atoms with Crippen LogP contribution in [0.4, 0.5) is 0 Å². The van der Waals surface area contributed by atoms with E-state index in [4.69, 9.17) is 4.52 Å². The van der Waals surface area contributed by atoms with Crippen LogP contribution < -0.4 is 5.32 Å². The standard InChI is InChI=1S/C18H18N4O2.ClH/c23-18(10-15-14-5-1-2-6-17(14)24-21-15)22-9-8-20-12-16(22)13-4-3-7-19-11-13;/h1-7,11,16,20H,8-10,12H2;1H. The summed E-state index contributed by atoms with van der Waals surface area (Å²) in [6.45, 7) is 2.20. The van der Waals surface area contributed by atoms with Crippen molar-refractivity contribution in [2.45, 2.75) is 12.5 Å². The first-order chi connectivity index (χ1) is 11.8. The fraction of sp³-hybridized carbons (Fsp3) is 0.278. The predicted octanol–water partition coefficient (Wildman–Crippen LogP) is 2.36. The van der Waals surface area contributed by atoms with E-state index in [0.29, 0.717) is 17.8 Å². The average Bonchev–Trinajstić information content (AvgIpc) is 3.05. The minimum Gasteiger partial charge on any atom is -0.356 e. The van der Waals surface area contributed by atoms with Gasteiger partial charge in [0.05, 0.1) is 12.5 Å². The number of benzene rings is 1. The molecule has 3 aromatic rings. The van der Waals surface area contributed by atoms with Gasteiger partial charge in [0.25, 0.3) is 0 Å². The van der Waals surface area contributed by atoms with Crippen LogP contribution in [-0.2, 0) is 11.2 Å². The highest BCUT2D eigenvalue weighted by Gasteiger charge is 2.28. The zero-order valence-electron chi connectivity index (χ0n) is 13.6. The molecule has 1 fully saturated rings. The van der Waals surface area contributed by atoms with Gasteiger partial charge in [0.1, 0.15) is 5.69 Å². The predicted molar refractivity (Wildman–Crippen MR) is 96.5 cm³/mol. The Labute approximate surface area is 151 Å². The fourth-order valence-corrected chi connectivity index (χ4v) is 3.18. The van der Waals surface area contributed by atoms with Crippen molar-refractivity contribution in [2.75, 3.05) is 19.6 Å². The number of piperazine rings is 1. The molecule has 0 bridgehead atoms. The molecule has 1 amide bonds. The van der Waals surface area contributed by atoms with E-state index in [2.05, 4.69) is 15.5 Å². The van der Waals surface area contributed by atoms with Crippen LogP contribution in [0.5, 0.6) is 0 Å². The van der Waals surface area contributed by atoms with E-state index in [-0.39, 0.29) is 30.8 Å². The third-order valence-corrected chi connectivity index (χ3v) is 4.40. The smallest absolute Gasteiger partial charge is 0.229 e. The molecular formula is C18H19ClN4O2. The third-order valence-electron chi connectivity index (χ3n) is 4.40. The molecule has 1 unspecified atom stereocenters. The second-order valence-corrected chi connectivity index (χ2v) is 5.90. The number of para-hydroxylation sites is 1. The van der Waals surface area contributed by atoms with Crippen LogP contribution in [0, 0.1) is 0 Å². The maximum Gasteiger partial charge on any atom is 0.229 e. The van der Waals surface area contributed by atoms with E-state index in [1.54, 1.807) is 6.20 Å². The number of carbonyl (C=O) groups is 1. The van der Waals surface area contributed by atoms with Crippen LogP contribution in [0.25, 0.3) is 11.0 Å². The highest BCUT2D eigenvalue weighted by molar-refractivity contribution is 5.86. The highest BCUT2D eigenvalue weighted by Crippen LogP contribution is 2.24. The maximum absolute atomic E-state index is 12.9. The number of nitrogens with one attached hydrogen (secondary N) is 1. The second kappa shape index (κ2) is 7.63. The molecule has 25 heavy (non-hydrogen) atoms. The van der Waals surface area contributed by atoms with Gasteiger partial charge >= 0.3 is 0 Å². The van der Waals surface area contributed by atoms with Crippen LogP contribution in [0.2, 0.25) is 0 Å². The van der Waals surface area contributed by atoms with Crippen molar-refractivity contribution >= 4 is 29.3 Å². The topological polar surface area (TPSA) is 71.3 Å². The van der Waals surface area contributed by atoms with Crippen LogP contribution in [0.3, 0.4) is 0 Å². The van der Waals surface area contributed by atoms with Crippen LogP contribution in [0.1, 0.15) is 17.3 Å². The van der Waals surface area contributed by atoms with E-state index in [1.165, 1.54) is 0 Å². The van der Waals surface area contributed by atoms with Crippen molar-refractivity contribution in [1.82, 2.24) is 20.4 Å². The molecular weight excluding hydrogens is 340 g/mol. The van der Waals surface area contributed by atoms with Gasteiger partial charge in [-0.3, -0.25) is 9.78 Å². The number of halogens is 1. The number of carbonyl (C=O) groups excluding carboxylic acids is 1. The lowest BCUT2D eigenvalue weighted by atomic mass is 10.0. The average molecular weight is 359 g/mol. The molecule has 0 aliphatic carbocycles. The van der Waals surface area contributed by atoms with Crippen LogP contribution in [-0.4, -0.2) is 40.6 Å². The van der Waals surface area contributed by atoms with Gasteiger partial charge in [-0.05, 0) is 23.8 Å². The quantitative estimate of drug-likeness (QED) is 0.778. The third kappa shape index (κ3) is 3.50. The first kappa shape index (κ1) is 17.4. The lowest BCUT2D eigenvalue weighted by Crippen LogP contribution is -2.49. The number of nitrogens with zero attached hydrogens (tertiary/aromatic N) is 3. The number of pyridine rings is 1. The summed E-state index contributed by atoms with van der Waals surface area (Å²) in [7, 11) is 0. The largest absolute Gasteiger partial charge is 0.356 e. The molecule has 1 atom stereocenters. The SMILES string of the molecule is Cl.O=C(Cc1noc2ccccc12)N1CCNCC1c1cccnc1. The van der Waals surface area contributed by atoms with Gasteiger partial charge < -0.3 is 14.7 Å². The summed E-state index contributed by atoms with van der Waals surface area (Å²) in [5, 5.41) is 8.33. The molecule has 130 valence electrons. The lowest BCUT2D eigenvalue weighted by Gasteiger charge is -2.36. The molecule has 0 spiro atoms. The molecule has 1 saturated heterocycles. The van der Waals surface area contributed by atoms with E-state index in [0.717, 1.165) is 24.0 Å². The highest BCUT2D eigenvalue weighted by atomic mass is 35.5. The van der Waals surface area contributed by atoms with Crippen molar-refractivity contribution in [3.8, 4) is 0 Å². The van der Waals surface area contributed by atoms with Crippen molar-refractivity contribution in [1.29, 1.82) is 0 Å². The second-order valence-electron chi connectivity index (χ2n) is 5.90. The Bertz CT molecular complexity index is 852. The molecule has 6 nitrogen and oxygen atoms in total. The van der Waals surface area contributed by atoms with Gasteiger partial charge in [-0.25, -0.2) is 0 Å². The molecule has 3 heterocycles. The molecule has 0 saturated carbocycles. The summed E-state index contributed by atoms with van der Waals surface area (Å²) in [5.41, 5.74) is 2.45. The van der Waals surface area contributed by atoms with Crippen molar-refractivity contribution in [3.05, 3.63) is 60.0 Å². The zero-order valence-corrected chi connectivity index (χ0v) is 14.4. The molecule has 4 rings (SSSR count). The number of hydrogen-bond donors (Lipinski definition) is 1. The maximum atomic E-state index is 12.9. The number of aromatic nitrogens is 2. The Kier molecular flexibility index (Phi) is 5.31. The number of fused-ring (bicyclic) bond motifs is 1. The van der Waals surface area contributed by atoms with E-state index >= 15 is 0 Å². The summed E-state index contributed by atoms with van der Waals surface area (Å²) >= 11 is 0. The molecule has 1 aromatic carbocycles. The van der Waals surface area contributed by atoms with E-state index in [1.807, 2.05) is 47.5 Å². The molecule has 7 heteroatoms. The fourth-order valence-electron chi connectivity index (χ4n) is 3.18. The minimum absolute atomic E-state index is 0. The van der Waals surface area contributed by atoms with Crippen LogP contribution >= 0.6 is 12.4 Å². The number of amides is 1. The van der Waals surface area contributed by atoms with Gasteiger partial charge in [-0.15, -0.1) is 12.4 Å². The monoisotopic (exact) mass is 358 g/mol. The van der Waals surface area contributed by atoms with Gasteiger partial charge in [0.15, 0.2) is 5.58 Å². The Morgan fingerprint density at radius 1 is 1.28 bits per heavy atom. The Hall–Kier alpha value is -2.44. The van der Waals surface area contributed by atoms with E-state index in [9.17, 15) is 4.79 Å².